The van der Waals surface area contributed by atoms with E-state index in [1.807, 2.05) is 0 Å². The van der Waals surface area contributed by atoms with Crippen LogP contribution >= 0.6 is 27.3 Å². The van der Waals surface area contributed by atoms with Crippen LogP contribution in [-0.2, 0) is 0 Å². The lowest BCUT2D eigenvalue weighted by atomic mass is 10.2. The standard InChI is InChI=1S/C9H4BrNO4S/c10-7-5-3-4(11(14)15)1-2-6(5)16-8(7)9(12)13/h1-3H,(H,12,13). The van der Waals surface area contributed by atoms with E-state index in [9.17, 15) is 14.9 Å². The molecule has 7 heteroatoms. The molecular weight excluding hydrogens is 298 g/mol. The third-order valence-electron chi connectivity index (χ3n) is 2.02. The van der Waals surface area contributed by atoms with Crippen molar-refractivity contribution in [2.45, 2.75) is 0 Å². The van der Waals surface area contributed by atoms with Crippen LogP contribution in [0.5, 0.6) is 0 Å². The Morgan fingerprint density at radius 1 is 1.50 bits per heavy atom. The fraction of sp³-hybridized carbons (Fsp3) is 0. The zero-order valence-electron chi connectivity index (χ0n) is 7.64. The Hall–Kier alpha value is -1.47. The van der Waals surface area contributed by atoms with E-state index in [-0.39, 0.29) is 10.6 Å². The van der Waals surface area contributed by atoms with Crippen molar-refractivity contribution in [3.8, 4) is 0 Å². The number of halogens is 1. The predicted octanol–water partition coefficient (Wildman–Crippen LogP) is 3.27. The average Bonchev–Trinajstić information content (AvgIpc) is 2.56. The Balaban J connectivity index is 2.73. The van der Waals surface area contributed by atoms with Crippen molar-refractivity contribution >= 4 is 49.0 Å². The number of nitro benzene ring substituents is 1. The molecule has 0 bridgehead atoms. The first-order valence-electron chi connectivity index (χ1n) is 4.10. The van der Waals surface area contributed by atoms with Gasteiger partial charge in [-0.1, -0.05) is 0 Å². The summed E-state index contributed by atoms with van der Waals surface area (Å²) in [5.74, 6) is -1.05. The number of fused-ring (bicyclic) bond motifs is 1. The van der Waals surface area contributed by atoms with Gasteiger partial charge in [-0.3, -0.25) is 10.1 Å². The summed E-state index contributed by atoms with van der Waals surface area (Å²) in [5, 5.41) is 20.0. The molecule has 82 valence electrons. The highest BCUT2D eigenvalue weighted by Crippen LogP contribution is 2.37. The SMILES string of the molecule is O=C(O)c1sc2ccc([N+](=O)[O-])cc2c1Br. The molecular formula is C9H4BrNO4S. The molecule has 1 heterocycles. The summed E-state index contributed by atoms with van der Waals surface area (Å²) < 4.78 is 1.10. The molecule has 5 nitrogen and oxygen atoms in total. The van der Waals surface area contributed by atoms with Gasteiger partial charge in [0.05, 0.1) is 9.40 Å². The fourth-order valence-electron chi connectivity index (χ4n) is 1.31. The molecule has 2 rings (SSSR count). The minimum Gasteiger partial charge on any atom is -0.477 e. The highest BCUT2D eigenvalue weighted by atomic mass is 79.9. The van der Waals surface area contributed by atoms with Gasteiger partial charge in [0.25, 0.3) is 5.69 Å². The maximum Gasteiger partial charge on any atom is 0.347 e. The van der Waals surface area contributed by atoms with Crippen LogP contribution in [0.1, 0.15) is 9.67 Å². The number of carboxylic acid groups (broad SMARTS) is 1. The van der Waals surface area contributed by atoms with Crippen molar-refractivity contribution in [3.05, 3.63) is 37.7 Å². The van der Waals surface area contributed by atoms with Crippen molar-refractivity contribution in [1.82, 2.24) is 0 Å². The molecule has 1 aromatic carbocycles. The van der Waals surface area contributed by atoms with Crippen LogP contribution in [-0.4, -0.2) is 16.0 Å². The number of aromatic carboxylic acids is 1. The molecule has 16 heavy (non-hydrogen) atoms. The number of carbonyl (C=O) groups is 1. The van der Waals surface area contributed by atoms with E-state index >= 15 is 0 Å². The molecule has 1 N–H and O–H groups in total. The van der Waals surface area contributed by atoms with E-state index in [0.717, 1.165) is 11.3 Å². The van der Waals surface area contributed by atoms with E-state index in [1.54, 1.807) is 6.07 Å². The number of rotatable bonds is 2. The molecule has 0 aliphatic heterocycles. The lowest BCUT2D eigenvalue weighted by Gasteiger charge is -1.92. The zero-order chi connectivity index (χ0) is 11.9. The molecule has 0 radical (unpaired) electrons. The third-order valence-corrected chi connectivity index (χ3v) is 4.26. The molecule has 0 amide bonds. The molecule has 0 unspecified atom stereocenters. The second-order valence-electron chi connectivity index (χ2n) is 2.99. The maximum atomic E-state index is 10.9. The molecule has 0 spiro atoms. The number of benzene rings is 1. The van der Waals surface area contributed by atoms with E-state index in [0.29, 0.717) is 14.6 Å². The first-order valence-corrected chi connectivity index (χ1v) is 5.71. The summed E-state index contributed by atoms with van der Waals surface area (Å²) in [6.45, 7) is 0. The van der Waals surface area contributed by atoms with Gasteiger partial charge in [-0.25, -0.2) is 4.79 Å². The molecule has 2 aromatic rings. The van der Waals surface area contributed by atoms with Crippen molar-refractivity contribution < 1.29 is 14.8 Å². The Kier molecular flexibility index (Phi) is 2.64. The van der Waals surface area contributed by atoms with E-state index in [1.165, 1.54) is 12.1 Å². The molecule has 0 aliphatic carbocycles. The van der Waals surface area contributed by atoms with Crippen LogP contribution in [0.3, 0.4) is 0 Å². The molecule has 0 fully saturated rings. The lowest BCUT2D eigenvalue weighted by Crippen LogP contribution is -1.91. The fourth-order valence-corrected chi connectivity index (χ4v) is 3.09. The van der Waals surface area contributed by atoms with Crippen LogP contribution in [0.2, 0.25) is 0 Å². The maximum absolute atomic E-state index is 10.9. The van der Waals surface area contributed by atoms with Crippen LogP contribution in [0.15, 0.2) is 22.7 Å². The zero-order valence-corrected chi connectivity index (χ0v) is 10.0. The van der Waals surface area contributed by atoms with Crippen LogP contribution < -0.4 is 0 Å². The molecule has 0 saturated carbocycles. The highest BCUT2D eigenvalue weighted by Gasteiger charge is 2.17. The monoisotopic (exact) mass is 301 g/mol. The minimum absolute atomic E-state index is 0.0528. The number of non-ortho nitro benzene ring substituents is 1. The molecule has 0 saturated heterocycles. The van der Waals surface area contributed by atoms with Gasteiger partial charge in [-0.15, -0.1) is 11.3 Å². The smallest absolute Gasteiger partial charge is 0.347 e. The summed E-state index contributed by atoms with van der Waals surface area (Å²) in [7, 11) is 0. The average molecular weight is 302 g/mol. The van der Waals surface area contributed by atoms with Gasteiger partial charge in [0.1, 0.15) is 4.88 Å². The summed E-state index contributed by atoms with van der Waals surface area (Å²) in [6, 6.07) is 4.27. The van der Waals surface area contributed by atoms with Crippen molar-refractivity contribution in [3.63, 3.8) is 0 Å². The lowest BCUT2D eigenvalue weighted by molar-refractivity contribution is -0.384. The van der Waals surface area contributed by atoms with Crippen LogP contribution in [0.4, 0.5) is 5.69 Å². The third kappa shape index (κ3) is 1.68. The number of thiophene rings is 1. The summed E-state index contributed by atoms with van der Waals surface area (Å²) in [4.78, 5) is 21.1. The van der Waals surface area contributed by atoms with E-state index < -0.39 is 10.9 Å². The Bertz CT molecular complexity index is 607. The van der Waals surface area contributed by atoms with Crippen molar-refractivity contribution in [2.75, 3.05) is 0 Å². The molecule has 0 aliphatic rings. The van der Waals surface area contributed by atoms with Crippen LogP contribution in [0.25, 0.3) is 10.1 Å². The second kappa shape index (κ2) is 3.84. The highest BCUT2D eigenvalue weighted by molar-refractivity contribution is 9.10. The van der Waals surface area contributed by atoms with Gasteiger partial charge in [0.2, 0.25) is 0 Å². The summed E-state index contributed by atoms with van der Waals surface area (Å²) in [5.41, 5.74) is -0.0528. The topological polar surface area (TPSA) is 80.4 Å². The van der Waals surface area contributed by atoms with Gasteiger partial charge in [0.15, 0.2) is 0 Å². The quantitative estimate of drug-likeness (QED) is 0.682. The van der Waals surface area contributed by atoms with Gasteiger partial charge < -0.3 is 5.11 Å². The number of carboxylic acids is 1. The minimum atomic E-state index is -1.05. The Morgan fingerprint density at radius 2 is 2.19 bits per heavy atom. The Morgan fingerprint density at radius 3 is 2.75 bits per heavy atom. The summed E-state index contributed by atoms with van der Waals surface area (Å²) in [6.07, 6.45) is 0. The van der Waals surface area contributed by atoms with Crippen LogP contribution in [0, 0.1) is 10.1 Å². The molecule has 1 aromatic heterocycles. The normalized spacial score (nSPS) is 10.6. The Labute approximate surface area is 102 Å². The van der Waals surface area contributed by atoms with Gasteiger partial charge in [0, 0.05) is 22.2 Å². The van der Waals surface area contributed by atoms with Gasteiger partial charge in [-0.05, 0) is 22.0 Å². The largest absolute Gasteiger partial charge is 0.477 e. The number of nitrogens with zero attached hydrogens (tertiary/aromatic N) is 1. The number of hydrogen-bond donors (Lipinski definition) is 1. The van der Waals surface area contributed by atoms with Gasteiger partial charge >= 0.3 is 5.97 Å². The van der Waals surface area contributed by atoms with E-state index in [2.05, 4.69) is 15.9 Å². The first-order chi connectivity index (χ1) is 7.50. The molecule has 0 atom stereocenters. The van der Waals surface area contributed by atoms with Crippen molar-refractivity contribution in [2.24, 2.45) is 0 Å². The number of nitro groups is 1. The van der Waals surface area contributed by atoms with Crippen molar-refractivity contribution in [1.29, 1.82) is 0 Å². The van der Waals surface area contributed by atoms with E-state index in [4.69, 9.17) is 5.11 Å². The van der Waals surface area contributed by atoms with Gasteiger partial charge in [-0.2, -0.15) is 0 Å². The summed E-state index contributed by atoms with van der Waals surface area (Å²) >= 11 is 4.23. The first kappa shape index (κ1) is 11.0. The second-order valence-corrected chi connectivity index (χ2v) is 4.83. The number of hydrogen-bond acceptors (Lipinski definition) is 4. The predicted molar refractivity (Wildman–Crippen MR) is 63.1 cm³/mol.